The first kappa shape index (κ1) is 7.37. The van der Waals surface area contributed by atoms with Gasteiger partial charge < -0.3 is 5.11 Å². The summed E-state index contributed by atoms with van der Waals surface area (Å²) in [5.74, 6) is 0.241. The van der Waals surface area contributed by atoms with Crippen molar-refractivity contribution < 1.29 is 5.11 Å². The van der Waals surface area contributed by atoms with Crippen LogP contribution in [0.2, 0.25) is 5.15 Å². The van der Waals surface area contributed by atoms with Crippen molar-refractivity contribution >= 4 is 22.4 Å². The SMILES string of the molecule is Oc1ccc2cnc(Cl)cc2c1. The van der Waals surface area contributed by atoms with Crippen LogP contribution in [0.5, 0.6) is 5.75 Å². The van der Waals surface area contributed by atoms with E-state index in [1.165, 1.54) is 0 Å². The number of aromatic hydroxyl groups is 1. The van der Waals surface area contributed by atoms with Gasteiger partial charge in [-0.3, -0.25) is 0 Å². The zero-order valence-corrected chi connectivity index (χ0v) is 6.92. The molecule has 0 radical (unpaired) electrons. The average Bonchev–Trinajstić information content (AvgIpc) is 2.03. The Labute approximate surface area is 74.4 Å². The fourth-order valence-electron chi connectivity index (χ4n) is 1.10. The van der Waals surface area contributed by atoms with Crippen LogP contribution in [-0.4, -0.2) is 10.1 Å². The molecule has 0 aliphatic carbocycles. The number of nitrogens with zero attached hydrogens (tertiary/aromatic N) is 1. The minimum Gasteiger partial charge on any atom is -0.508 e. The van der Waals surface area contributed by atoms with Crippen LogP contribution in [0.3, 0.4) is 0 Å². The molecule has 0 bridgehead atoms. The first-order valence-corrected chi connectivity index (χ1v) is 3.88. The number of phenols is 1. The summed E-state index contributed by atoms with van der Waals surface area (Å²) in [6.07, 6.45) is 1.68. The van der Waals surface area contributed by atoms with Crippen molar-refractivity contribution in [3.05, 3.63) is 35.6 Å². The molecule has 0 fully saturated rings. The lowest BCUT2D eigenvalue weighted by Gasteiger charge is -1.97. The van der Waals surface area contributed by atoms with Crippen LogP contribution in [0, 0.1) is 0 Å². The predicted molar refractivity (Wildman–Crippen MR) is 48.4 cm³/mol. The molecule has 2 rings (SSSR count). The number of fused-ring (bicyclic) bond motifs is 1. The Balaban J connectivity index is 2.80. The molecule has 0 aliphatic rings. The Kier molecular flexibility index (Phi) is 1.62. The van der Waals surface area contributed by atoms with Crippen LogP contribution >= 0.6 is 11.6 Å². The van der Waals surface area contributed by atoms with Crippen molar-refractivity contribution in [1.82, 2.24) is 4.98 Å². The summed E-state index contributed by atoms with van der Waals surface area (Å²) >= 11 is 5.68. The van der Waals surface area contributed by atoms with Gasteiger partial charge in [0.1, 0.15) is 10.9 Å². The maximum atomic E-state index is 9.16. The standard InChI is InChI=1S/C9H6ClNO/c10-9-4-7-3-8(12)2-1-6(7)5-11-9/h1-5,12H. The highest BCUT2D eigenvalue weighted by molar-refractivity contribution is 6.30. The largest absolute Gasteiger partial charge is 0.508 e. The number of hydrogen-bond acceptors (Lipinski definition) is 2. The van der Waals surface area contributed by atoms with E-state index in [0.717, 1.165) is 10.8 Å². The molecule has 0 saturated heterocycles. The molecule has 60 valence electrons. The molecule has 3 heteroatoms. The summed E-state index contributed by atoms with van der Waals surface area (Å²) in [6, 6.07) is 6.80. The minimum absolute atomic E-state index is 0.241. The second kappa shape index (κ2) is 2.64. The van der Waals surface area contributed by atoms with Gasteiger partial charge in [0.15, 0.2) is 0 Å². The summed E-state index contributed by atoms with van der Waals surface area (Å²) < 4.78 is 0. The van der Waals surface area contributed by atoms with Gasteiger partial charge in [-0.1, -0.05) is 11.6 Å². The van der Waals surface area contributed by atoms with E-state index in [9.17, 15) is 0 Å². The molecule has 0 atom stereocenters. The van der Waals surface area contributed by atoms with E-state index >= 15 is 0 Å². The van der Waals surface area contributed by atoms with Gasteiger partial charge in [-0.05, 0) is 29.7 Å². The first-order valence-electron chi connectivity index (χ1n) is 3.50. The Morgan fingerprint density at radius 2 is 2.00 bits per heavy atom. The van der Waals surface area contributed by atoms with Crippen molar-refractivity contribution in [3.63, 3.8) is 0 Å². The lowest BCUT2D eigenvalue weighted by atomic mass is 10.2. The van der Waals surface area contributed by atoms with E-state index in [1.807, 2.05) is 0 Å². The van der Waals surface area contributed by atoms with Gasteiger partial charge in [0.25, 0.3) is 0 Å². The van der Waals surface area contributed by atoms with Crippen molar-refractivity contribution in [1.29, 1.82) is 0 Å². The van der Waals surface area contributed by atoms with Gasteiger partial charge in [0.05, 0.1) is 0 Å². The quantitative estimate of drug-likeness (QED) is 0.631. The summed E-state index contributed by atoms with van der Waals surface area (Å²) in [5.41, 5.74) is 0. The van der Waals surface area contributed by atoms with Crippen LogP contribution in [0.4, 0.5) is 0 Å². The molecular weight excluding hydrogens is 174 g/mol. The van der Waals surface area contributed by atoms with E-state index in [4.69, 9.17) is 16.7 Å². The highest BCUT2D eigenvalue weighted by Crippen LogP contribution is 2.20. The Bertz CT molecular complexity index is 391. The number of pyridine rings is 1. The van der Waals surface area contributed by atoms with E-state index in [-0.39, 0.29) is 5.75 Å². The molecular formula is C9H6ClNO. The maximum Gasteiger partial charge on any atom is 0.129 e. The normalized spacial score (nSPS) is 10.4. The maximum absolute atomic E-state index is 9.16. The molecule has 12 heavy (non-hydrogen) atoms. The number of phenolic OH excluding ortho intramolecular Hbond substituents is 1. The zero-order chi connectivity index (χ0) is 8.55. The Hall–Kier alpha value is -1.28. The lowest BCUT2D eigenvalue weighted by Crippen LogP contribution is -1.76. The van der Waals surface area contributed by atoms with Crippen molar-refractivity contribution in [2.45, 2.75) is 0 Å². The Morgan fingerprint density at radius 3 is 2.83 bits per heavy atom. The first-order chi connectivity index (χ1) is 5.75. The molecule has 1 heterocycles. The number of rotatable bonds is 0. The van der Waals surface area contributed by atoms with Gasteiger partial charge in [0, 0.05) is 11.6 Å². The van der Waals surface area contributed by atoms with Crippen LogP contribution in [0.25, 0.3) is 10.8 Å². The molecule has 0 aliphatic heterocycles. The van der Waals surface area contributed by atoms with Gasteiger partial charge in [0.2, 0.25) is 0 Å². The molecule has 1 aromatic heterocycles. The fraction of sp³-hybridized carbons (Fsp3) is 0. The van der Waals surface area contributed by atoms with E-state index in [1.54, 1.807) is 30.5 Å². The van der Waals surface area contributed by atoms with Crippen molar-refractivity contribution in [2.75, 3.05) is 0 Å². The number of aromatic nitrogens is 1. The smallest absolute Gasteiger partial charge is 0.129 e. The van der Waals surface area contributed by atoms with Crippen LogP contribution < -0.4 is 0 Å². The highest BCUT2D eigenvalue weighted by atomic mass is 35.5. The van der Waals surface area contributed by atoms with Gasteiger partial charge >= 0.3 is 0 Å². The monoisotopic (exact) mass is 179 g/mol. The minimum atomic E-state index is 0.241. The van der Waals surface area contributed by atoms with E-state index in [0.29, 0.717) is 5.15 Å². The predicted octanol–water partition coefficient (Wildman–Crippen LogP) is 2.59. The fourth-order valence-corrected chi connectivity index (χ4v) is 1.27. The van der Waals surface area contributed by atoms with Gasteiger partial charge in [-0.2, -0.15) is 0 Å². The number of halogens is 1. The summed E-state index contributed by atoms with van der Waals surface area (Å²) in [6.45, 7) is 0. The molecule has 0 unspecified atom stereocenters. The summed E-state index contributed by atoms with van der Waals surface area (Å²) in [7, 11) is 0. The van der Waals surface area contributed by atoms with Crippen molar-refractivity contribution in [3.8, 4) is 5.75 Å². The summed E-state index contributed by atoms with van der Waals surface area (Å²) in [4.78, 5) is 3.92. The van der Waals surface area contributed by atoms with E-state index in [2.05, 4.69) is 4.98 Å². The Morgan fingerprint density at radius 1 is 1.17 bits per heavy atom. The van der Waals surface area contributed by atoms with E-state index < -0.39 is 0 Å². The zero-order valence-electron chi connectivity index (χ0n) is 6.16. The third-order valence-electron chi connectivity index (χ3n) is 1.67. The molecule has 0 amide bonds. The highest BCUT2D eigenvalue weighted by Gasteiger charge is 1.96. The average molecular weight is 180 g/mol. The second-order valence-corrected chi connectivity index (χ2v) is 2.93. The molecule has 2 nitrogen and oxygen atoms in total. The number of benzene rings is 1. The summed E-state index contributed by atoms with van der Waals surface area (Å²) in [5, 5.41) is 11.5. The third-order valence-corrected chi connectivity index (χ3v) is 1.88. The second-order valence-electron chi connectivity index (χ2n) is 2.54. The van der Waals surface area contributed by atoms with Gasteiger partial charge in [-0.15, -0.1) is 0 Å². The lowest BCUT2D eigenvalue weighted by molar-refractivity contribution is 0.476. The van der Waals surface area contributed by atoms with Crippen LogP contribution in [0.1, 0.15) is 0 Å². The topological polar surface area (TPSA) is 33.1 Å². The molecule has 2 aromatic rings. The van der Waals surface area contributed by atoms with Crippen LogP contribution in [-0.2, 0) is 0 Å². The van der Waals surface area contributed by atoms with Gasteiger partial charge in [-0.25, -0.2) is 4.98 Å². The molecule has 0 spiro atoms. The van der Waals surface area contributed by atoms with Crippen molar-refractivity contribution in [2.24, 2.45) is 0 Å². The molecule has 1 aromatic carbocycles. The molecule has 1 N–H and O–H groups in total. The third kappa shape index (κ3) is 1.21. The number of hydrogen-bond donors (Lipinski definition) is 1. The molecule has 0 saturated carbocycles. The van der Waals surface area contributed by atoms with Crippen LogP contribution in [0.15, 0.2) is 30.5 Å².